The van der Waals surface area contributed by atoms with Gasteiger partial charge in [0.05, 0.1) is 30.7 Å². The Morgan fingerprint density at radius 1 is 0.977 bits per heavy atom. The van der Waals surface area contributed by atoms with E-state index in [0.717, 1.165) is 16.1 Å². The number of furan rings is 1. The summed E-state index contributed by atoms with van der Waals surface area (Å²) in [5, 5.41) is 10.6. The summed E-state index contributed by atoms with van der Waals surface area (Å²) >= 11 is 0. The lowest BCUT2D eigenvalue weighted by Gasteiger charge is -2.21. The van der Waals surface area contributed by atoms with Gasteiger partial charge in [0.25, 0.3) is 0 Å². The molecule has 0 amide bonds. The quantitative estimate of drug-likeness (QED) is 0.198. The summed E-state index contributed by atoms with van der Waals surface area (Å²) in [7, 11) is -2.32. The van der Waals surface area contributed by atoms with Crippen LogP contribution in [0.5, 0.6) is 0 Å². The van der Waals surface area contributed by atoms with E-state index < -0.39 is 15.8 Å². The van der Waals surface area contributed by atoms with Crippen molar-refractivity contribution in [2.24, 2.45) is 5.73 Å². The maximum Gasteiger partial charge on any atom is 0.232 e. The molecule has 0 spiro atoms. The number of carbonyl (C=O) groups excluding carboxylic acids is 1. The van der Waals surface area contributed by atoms with Crippen molar-refractivity contribution in [3.05, 3.63) is 95.3 Å². The van der Waals surface area contributed by atoms with Crippen LogP contribution in [0.2, 0.25) is 0 Å². The van der Waals surface area contributed by atoms with E-state index in [4.69, 9.17) is 14.6 Å². The Kier molecular flexibility index (Phi) is 7.32. The fourth-order valence-electron chi connectivity index (χ4n) is 5.20. The van der Waals surface area contributed by atoms with Gasteiger partial charge in [-0.2, -0.15) is 0 Å². The van der Waals surface area contributed by atoms with Crippen LogP contribution in [0.4, 0.5) is 10.1 Å². The van der Waals surface area contributed by atoms with Crippen molar-refractivity contribution in [1.29, 1.82) is 0 Å². The minimum Gasteiger partial charge on any atom is -0.455 e. The number of aliphatic hydroxyl groups is 1. The predicted octanol–water partition coefficient (Wildman–Crippen LogP) is 6.05. The number of oxazole rings is 1. The lowest BCUT2D eigenvalue weighted by atomic mass is 9.94. The molecule has 0 aliphatic rings. The second-order valence-corrected chi connectivity index (χ2v) is 12.5. The normalized spacial score (nSPS) is 11.9. The molecule has 0 bridgehead atoms. The van der Waals surface area contributed by atoms with Gasteiger partial charge in [-0.25, -0.2) is 17.8 Å². The van der Waals surface area contributed by atoms with Gasteiger partial charge in [0.2, 0.25) is 15.9 Å². The SMILES string of the molecule is Cc1ccc(-c2oc3cc(N(C)S(C)(=O)=O)c(-c4ccc(CO)c(-c5nc6c(F)cccc6o5)c4)cc3c2C(=O)CN)cc1. The number of aliphatic hydroxyl groups excluding tert-OH is 1. The molecular weight excluding hydrogens is 585 g/mol. The van der Waals surface area contributed by atoms with Crippen LogP contribution in [-0.4, -0.2) is 44.1 Å². The first-order valence-electron chi connectivity index (χ1n) is 13.6. The van der Waals surface area contributed by atoms with Crippen molar-refractivity contribution in [3.63, 3.8) is 0 Å². The number of Topliss-reactive ketones (excluding diaryl/α,β-unsaturated/α-hetero) is 1. The number of para-hydroxylation sites is 1. The van der Waals surface area contributed by atoms with Crippen molar-refractivity contribution in [3.8, 4) is 33.9 Å². The number of anilines is 1. The van der Waals surface area contributed by atoms with Crippen LogP contribution < -0.4 is 10.0 Å². The van der Waals surface area contributed by atoms with Crippen LogP contribution in [-0.2, 0) is 16.6 Å². The highest BCUT2D eigenvalue weighted by Crippen LogP contribution is 2.42. The van der Waals surface area contributed by atoms with Gasteiger partial charge in [-0.1, -0.05) is 48.0 Å². The molecular formula is C33H28FN3O6S. The Morgan fingerprint density at radius 3 is 2.36 bits per heavy atom. The molecule has 6 rings (SSSR count). The second-order valence-electron chi connectivity index (χ2n) is 10.5. The smallest absolute Gasteiger partial charge is 0.232 e. The van der Waals surface area contributed by atoms with Gasteiger partial charge in [0.15, 0.2) is 17.2 Å². The van der Waals surface area contributed by atoms with E-state index in [1.807, 2.05) is 31.2 Å². The van der Waals surface area contributed by atoms with Crippen LogP contribution >= 0.6 is 0 Å². The largest absolute Gasteiger partial charge is 0.455 e. The zero-order valence-electron chi connectivity index (χ0n) is 24.1. The molecule has 0 unspecified atom stereocenters. The lowest BCUT2D eigenvalue weighted by molar-refractivity contribution is 0.100. The van der Waals surface area contributed by atoms with Crippen molar-refractivity contribution in [2.45, 2.75) is 13.5 Å². The fourth-order valence-corrected chi connectivity index (χ4v) is 5.71. The minimum absolute atomic E-state index is 0.0442. The Bertz CT molecular complexity index is 2190. The van der Waals surface area contributed by atoms with Crippen molar-refractivity contribution < 1.29 is 31.5 Å². The minimum atomic E-state index is -3.74. The molecule has 3 N–H and O–H groups in total. The Balaban J connectivity index is 1.64. The van der Waals surface area contributed by atoms with Crippen molar-refractivity contribution in [1.82, 2.24) is 4.98 Å². The van der Waals surface area contributed by atoms with Gasteiger partial charge in [-0.15, -0.1) is 0 Å². The van der Waals surface area contributed by atoms with E-state index in [9.17, 15) is 22.7 Å². The number of hydrogen-bond donors (Lipinski definition) is 2. The van der Waals surface area contributed by atoms with Crippen LogP contribution in [0.15, 0.2) is 81.6 Å². The third kappa shape index (κ3) is 5.04. The number of nitrogens with two attached hydrogens (primary N) is 1. The van der Waals surface area contributed by atoms with E-state index in [1.165, 1.54) is 19.2 Å². The summed E-state index contributed by atoms with van der Waals surface area (Å²) in [4.78, 5) is 17.6. The molecule has 0 atom stereocenters. The van der Waals surface area contributed by atoms with Gasteiger partial charge >= 0.3 is 0 Å². The lowest BCUT2D eigenvalue weighted by Crippen LogP contribution is -2.25. The third-order valence-electron chi connectivity index (χ3n) is 7.61. The summed E-state index contributed by atoms with van der Waals surface area (Å²) in [6.45, 7) is 1.32. The number of hydrogen-bond acceptors (Lipinski definition) is 8. The van der Waals surface area contributed by atoms with Crippen LogP contribution in [0.1, 0.15) is 21.5 Å². The highest BCUT2D eigenvalue weighted by Gasteiger charge is 2.26. The molecule has 0 fully saturated rings. The van der Waals surface area contributed by atoms with Gasteiger partial charge in [0, 0.05) is 35.2 Å². The number of fused-ring (bicyclic) bond motifs is 2. The highest BCUT2D eigenvalue weighted by atomic mass is 32.2. The Labute approximate surface area is 252 Å². The van der Waals surface area contributed by atoms with Crippen LogP contribution in [0.3, 0.4) is 0 Å². The summed E-state index contributed by atoms with van der Waals surface area (Å²) in [5.74, 6) is -0.494. The van der Waals surface area contributed by atoms with Gasteiger partial charge in [0.1, 0.15) is 16.9 Å². The molecule has 2 heterocycles. The molecule has 11 heteroatoms. The summed E-state index contributed by atoms with van der Waals surface area (Å²) in [6.07, 6.45) is 1.08. The van der Waals surface area contributed by atoms with E-state index in [1.54, 1.807) is 36.4 Å². The molecule has 44 heavy (non-hydrogen) atoms. The monoisotopic (exact) mass is 613 g/mol. The topological polar surface area (TPSA) is 140 Å². The maximum atomic E-state index is 14.4. The van der Waals surface area contributed by atoms with Gasteiger partial charge in [-0.05, 0) is 42.3 Å². The van der Waals surface area contributed by atoms with Gasteiger partial charge in [-0.3, -0.25) is 9.10 Å². The number of carbonyl (C=O) groups is 1. The summed E-state index contributed by atoms with van der Waals surface area (Å²) in [6, 6.07) is 20.2. The van der Waals surface area contributed by atoms with E-state index in [-0.39, 0.29) is 47.2 Å². The van der Waals surface area contributed by atoms with Crippen LogP contribution in [0.25, 0.3) is 56.0 Å². The first-order chi connectivity index (χ1) is 21.0. The average molecular weight is 614 g/mol. The van der Waals surface area contributed by atoms with E-state index in [2.05, 4.69) is 4.98 Å². The number of halogens is 1. The number of ketones is 1. The van der Waals surface area contributed by atoms with Gasteiger partial charge < -0.3 is 19.7 Å². The molecule has 6 aromatic rings. The third-order valence-corrected chi connectivity index (χ3v) is 8.80. The van der Waals surface area contributed by atoms with E-state index in [0.29, 0.717) is 44.5 Å². The summed E-state index contributed by atoms with van der Waals surface area (Å²) < 4.78 is 53.2. The second kappa shape index (κ2) is 11.0. The molecule has 0 radical (unpaired) electrons. The predicted molar refractivity (Wildman–Crippen MR) is 167 cm³/mol. The molecule has 9 nitrogen and oxygen atoms in total. The number of nitrogens with zero attached hydrogens (tertiary/aromatic N) is 2. The Morgan fingerprint density at radius 2 is 1.70 bits per heavy atom. The molecule has 0 aliphatic carbocycles. The molecule has 2 aromatic heterocycles. The van der Waals surface area contributed by atoms with Crippen LogP contribution in [0, 0.1) is 12.7 Å². The number of sulfonamides is 1. The fraction of sp³-hybridized carbons (Fsp3) is 0.152. The molecule has 4 aromatic carbocycles. The zero-order chi connectivity index (χ0) is 31.3. The van der Waals surface area contributed by atoms with Crippen molar-refractivity contribution in [2.75, 3.05) is 24.2 Å². The standard InChI is InChI=1S/C33H28FN3O6S/c1-18-7-9-19(10-8-18)32-30(27(39)16-35)24-14-22(26(15-29(24)42-32)37(2)44(3,40)41)20-11-12-21(17-38)23(13-20)33-36-31-25(34)5-4-6-28(31)43-33/h4-15,38H,16-17,35H2,1-3H3. The molecule has 0 saturated carbocycles. The number of aryl methyl sites for hydroxylation is 1. The number of rotatable bonds is 8. The highest BCUT2D eigenvalue weighted by molar-refractivity contribution is 7.92. The zero-order valence-corrected chi connectivity index (χ0v) is 24.9. The molecule has 224 valence electrons. The first-order valence-corrected chi connectivity index (χ1v) is 15.5. The number of benzene rings is 4. The summed E-state index contributed by atoms with van der Waals surface area (Å²) in [5.41, 5.74) is 10.5. The Hall–Kier alpha value is -4.84. The van der Waals surface area contributed by atoms with E-state index >= 15 is 0 Å². The molecule has 0 saturated heterocycles. The maximum absolute atomic E-state index is 14.4. The van der Waals surface area contributed by atoms with Crippen molar-refractivity contribution >= 4 is 43.6 Å². The first kappa shape index (κ1) is 29.2. The molecule has 0 aliphatic heterocycles. The number of aromatic nitrogens is 1. The average Bonchev–Trinajstić information content (AvgIpc) is 3.62.